The van der Waals surface area contributed by atoms with Crippen LogP contribution in [0.5, 0.6) is 0 Å². The zero-order chi connectivity index (χ0) is 18.1. The molecule has 2 aliphatic carbocycles. The molecule has 3 heteroatoms. The lowest BCUT2D eigenvalue weighted by Gasteiger charge is -2.52. The molecule has 0 bridgehead atoms. The maximum atomic E-state index is 4.11. The molecule has 4 rings (SSSR count). The lowest BCUT2D eigenvalue weighted by atomic mass is 9.56. The van der Waals surface area contributed by atoms with E-state index >= 15 is 0 Å². The molecule has 1 fully saturated rings. The van der Waals surface area contributed by atoms with Gasteiger partial charge < -0.3 is 10.2 Å². The molecule has 3 atom stereocenters. The molecule has 138 valence electrons. The Balaban J connectivity index is 1.71. The molecule has 0 amide bonds. The molecule has 26 heavy (non-hydrogen) atoms. The Kier molecular flexibility index (Phi) is 4.74. The minimum absolute atomic E-state index is 0.301. The van der Waals surface area contributed by atoms with Crippen molar-refractivity contribution in [2.45, 2.75) is 57.4 Å². The van der Waals surface area contributed by atoms with E-state index in [1.165, 1.54) is 37.8 Å². The van der Waals surface area contributed by atoms with Crippen LogP contribution in [0.1, 0.15) is 50.7 Å². The molecular formula is C23H31N3. The summed E-state index contributed by atoms with van der Waals surface area (Å²) in [5.41, 5.74) is 5.74. The number of aromatic nitrogens is 1. The summed E-state index contributed by atoms with van der Waals surface area (Å²) in [6, 6.07) is 11.8. The quantitative estimate of drug-likeness (QED) is 0.827. The number of hydrogen-bond acceptors (Lipinski definition) is 3. The van der Waals surface area contributed by atoms with E-state index in [2.05, 4.69) is 54.3 Å². The second-order valence-corrected chi connectivity index (χ2v) is 8.35. The van der Waals surface area contributed by atoms with E-state index in [0.717, 1.165) is 18.2 Å². The Bertz CT molecular complexity index is 757. The molecule has 0 unspecified atom stereocenters. The maximum Gasteiger partial charge on any atom is 0.0415 e. The molecule has 2 aliphatic rings. The van der Waals surface area contributed by atoms with Gasteiger partial charge in [-0.25, -0.2) is 0 Å². The topological polar surface area (TPSA) is 28.2 Å². The lowest BCUT2D eigenvalue weighted by molar-refractivity contribution is 0.0714. The van der Waals surface area contributed by atoms with Crippen LogP contribution in [0.3, 0.4) is 0 Å². The average molecular weight is 350 g/mol. The van der Waals surface area contributed by atoms with Crippen molar-refractivity contribution in [3.05, 3.63) is 53.9 Å². The molecule has 0 aliphatic heterocycles. The smallest absolute Gasteiger partial charge is 0.0415 e. The zero-order valence-electron chi connectivity index (χ0n) is 16.3. The summed E-state index contributed by atoms with van der Waals surface area (Å²) >= 11 is 0. The Morgan fingerprint density at radius 3 is 2.73 bits per heavy atom. The number of nitrogens with one attached hydrogen (secondary N) is 1. The Morgan fingerprint density at radius 2 is 1.96 bits per heavy atom. The summed E-state index contributed by atoms with van der Waals surface area (Å²) in [6.07, 6.45) is 10.3. The SMILES string of the molecule is CCN(C)[C@@H]1Cc2ccc(Nc3ccncc3)cc2[C@@]2(C)CCCC[C@@H]12. The van der Waals surface area contributed by atoms with Crippen molar-refractivity contribution < 1.29 is 0 Å². The van der Waals surface area contributed by atoms with E-state index < -0.39 is 0 Å². The van der Waals surface area contributed by atoms with Gasteiger partial charge in [0.1, 0.15) is 0 Å². The summed E-state index contributed by atoms with van der Waals surface area (Å²) in [5.74, 6) is 0.768. The zero-order valence-corrected chi connectivity index (χ0v) is 16.3. The predicted molar refractivity (Wildman–Crippen MR) is 109 cm³/mol. The summed E-state index contributed by atoms with van der Waals surface area (Å²) in [6.45, 7) is 5.95. The van der Waals surface area contributed by atoms with E-state index in [1.807, 2.05) is 24.5 Å². The molecular weight excluding hydrogens is 318 g/mol. The number of anilines is 2. The Labute approximate surface area is 157 Å². The second kappa shape index (κ2) is 7.03. The van der Waals surface area contributed by atoms with Crippen molar-refractivity contribution >= 4 is 11.4 Å². The van der Waals surface area contributed by atoms with Gasteiger partial charge in [0.2, 0.25) is 0 Å². The maximum absolute atomic E-state index is 4.11. The summed E-state index contributed by atoms with van der Waals surface area (Å²) in [7, 11) is 2.31. The highest BCUT2D eigenvalue weighted by molar-refractivity contribution is 5.62. The standard InChI is InChI=1S/C23H31N3/c1-4-26(3)22-15-17-8-9-19(25-18-10-13-24-14-11-18)16-21(17)23(2)12-6-5-7-20(22)23/h8-11,13-14,16,20,22H,4-7,12,15H2,1-3H3,(H,24,25)/t20-,22+,23-/m0/s1. The number of likely N-dealkylation sites (N-methyl/N-ethyl adjacent to an activating group) is 1. The van der Waals surface area contributed by atoms with Gasteiger partial charge >= 0.3 is 0 Å². The van der Waals surface area contributed by atoms with Gasteiger partial charge in [-0.2, -0.15) is 0 Å². The van der Waals surface area contributed by atoms with Crippen LogP contribution >= 0.6 is 0 Å². The van der Waals surface area contributed by atoms with Gasteiger partial charge in [-0.1, -0.05) is 32.8 Å². The van der Waals surface area contributed by atoms with Crippen molar-refractivity contribution in [2.24, 2.45) is 5.92 Å². The fraction of sp³-hybridized carbons (Fsp3) is 0.522. The van der Waals surface area contributed by atoms with Crippen LogP contribution < -0.4 is 5.32 Å². The van der Waals surface area contributed by atoms with Gasteiger partial charge in [0.05, 0.1) is 0 Å². The number of benzene rings is 1. The molecule has 2 aromatic rings. The van der Waals surface area contributed by atoms with Crippen LogP contribution in [0.2, 0.25) is 0 Å². The number of fused-ring (bicyclic) bond motifs is 3. The number of pyridine rings is 1. The van der Waals surface area contributed by atoms with Crippen molar-refractivity contribution in [1.29, 1.82) is 0 Å². The average Bonchev–Trinajstić information content (AvgIpc) is 2.67. The fourth-order valence-electron chi connectivity index (χ4n) is 5.34. The van der Waals surface area contributed by atoms with Gasteiger partial charge in [0.15, 0.2) is 0 Å². The second-order valence-electron chi connectivity index (χ2n) is 8.35. The highest BCUT2D eigenvalue weighted by Crippen LogP contribution is 2.51. The van der Waals surface area contributed by atoms with Crippen LogP contribution in [-0.4, -0.2) is 29.5 Å². The third-order valence-corrected chi connectivity index (χ3v) is 6.93. The van der Waals surface area contributed by atoms with E-state index in [1.54, 1.807) is 11.1 Å². The largest absolute Gasteiger partial charge is 0.355 e. The fourth-order valence-corrected chi connectivity index (χ4v) is 5.34. The molecule has 0 saturated heterocycles. The minimum Gasteiger partial charge on any atom is -0.355 e. The van der Waals surface area contributed by atoms with Crippen molar-refractivity contribution in [1.82, 2.24) is 9.88 Å². The molecule has 0 radical (unpaired) electrons. The first-order valence-electron chi connectivity index (χ1n) is 10.1. The van der Waals surface area contributed by atoms with E-state index in [4.69, 9.17) is 0 Å². The molecule has 1 aromatic heterocycles. The number of rotatable bonds is 4. The number of hydrogen-bond donors (Lipinski definition) is 1. The molecule has 1 aromatic carbocycles. The van der Waals surface area contributed by atoms with Crippen molar-refractivity contribution in [3.8, 4) is 0 Å². The Morgan fingerprint density at radius 1 is 1.15 bits per heavy atom. The third kappa shape index (κ3) is 3.03. The van der Waals surface area contributed by atoms with Crippen molar-refractivity contribution in [2.75, 3.05) is 18.9 Å². The molecule has 3 nitrogen and oxygen atoms in total. The van der Waals surface area contributed by atoms with Gasteiger partial charge in [0.25, 0.3) is 0 Å². The van der Waals surface area contributed by atoms with Crippen LogP contribution in [0.15, 0.2) is 42.7 Å². The van der Waals surface area contributed by atoms with Crippen molar-refractivity contribution in [3.63, 3.8) is 0 Å². The highest BCUT2D eigenvalue weighted by Gasteiger charge is 2.47. The number of nitrogens with zero attached hydrogens (tertiary/aromatic N) is 2. The molecule has 1 saturated carbocycles. The first kappa shape index (κ1) is 17.5. The highest BCUT2D eigenvalue weighted by atomic mass is 15.1. The molecule has 1 N–H and O–H groups in total. The van der Waals surface area contributed by atoms with Crippen LogP contribution in [0, 0.1) is 5.92 Å². The first-order chi connectivity index (χ1) is 12.6. The molecule has 0 spiro atoms. The monoisotopic (exact) mass is 349 g/mol. The normalized spacial score (nSPS) is 27.7. The van der Waals surface area contributed by atoms with Gasteiger partial charge in [-0.05, 0) is 79.6 Å². The minimum atomic E-state index is 0.301. The summed E-state index contributed by atoms with van der Waals surface area (Å²) < 4.78 is 0. The van der Waals surface area contributed by atoms with Crippen LogP contribution in [-0.2, 0) is 11.8 Å². The first-order valence-corrected chi connectivity index (χ1v) is 10.1. The summed E-state index contributed by atoms with van der Waals surface area (Å²) in [5, 5.41) is 3.56. The Hall–Kier alpha value is -1.87. The van der Waals surface area contributed by atoms with Gasteiger partial charge in [-0.3, -0.25) is 4.98 Å². The van der Waals surface area contributed by atoms with Gasteiger partial charge in [-0.15, -0.1) is 0 Å². The van der Waals surface area contributed by atoms with Gasteiger partial charge in [0, 0.05) is 29.8 Å². The summed E-state index contributed by atoms with van der Waals surface area (Å²) in [4.78, 5) is 6.69. The lowest BCUT2D eigenvalue weighted by Crippen LogP contribution is -2.53. The van der Waals surface area contributed by atoms with Crippen LogP contribution in [0.4, 0.5) is 11.4 Å². The third-order valence-electron chi connectivity index (χ3n) is 6.93. The van der Waals surface area contributed by atoms with E-state index in [0.29, 0.717) is 11.5 Å². The van der Waals surface area contributed by atoms with Crippen LogP contribution in [0.25, 0.3) is 0 Å². The van der Waals surface area contributed by atoms with E-state index in [9.17, 15) is 0 Å². The predicted octanol–water partition coefficient (Wildman–Crippen LogP) is 5.15. The molecule has 1 heterocycles. The van der Waals surface area contributed by atoms with E-state index in [-0.39, 0.29) is 0 Å².